The predicted octanol–water partition coefficient (Wildman–Crippen LogP) is 0.414. The molecular formula is C7H15N2-. The minimum atomic E-state index is 0.738. The van der Waals surface area contributed by atoms with E-state index in [2.05, 4.69) is 30.9 Å². The number of hydrogen-bond acceptors (Lipinski definition) is 2. The second-order valence-electron chi connectivity index (χ2n) is 2.98. The van der Waals surface area contributed by atoms with E-state index in [4.69, 9.17) is 0 Å². The van der Waals surface area contributed by atoms with Crippen LogP contribution in [0.3, 0.4) is 0 Å². The molecule has 0 saturated carbocycles. The molecule has 0 aliphatic carbocycles. The zero-order chi connectivity index (χ0) is 6.85. The van der Waals surface area contributed by atoms with Crippen LogP contribution in [0.15, 0.2) is 0 Å². The van der Waals surface area contributed by atoms with Gasteiger partial charge in [0.2, 0.25) is 0 Å². The van der Waals surface area contributed by atoms with Crippen LogP contribution in [0.2, 0.25) is 0 Å². The third kappa shape index (κ3) is 1.66. The smallest absolute Gasteiger partial charge is 0.0204 e. The molecule has 54 valence electrons. The van der Waals surface area contributed by atoms with Crippen molar-refractivity contribution in [2.45, 2.75) is 12.5 Å². The van der Waals surface area contributed by atoms with Crippen molar-refractivity contribution in [3.8, 4) is 0 Å². The van der Waals surface area contributed by atoms with Gasteiger partial charge in [0.25, 0.3) is 0 Å². The summed E-state index contributed by atoms with van der Waals surface area (Å²) in [6, 6.07) is 0.738. The SMILES string of the molecule is [CH2-]N1CC[C@H](N(C)C)C1. The first-order valence-electron chi connectivity index (χ1n) is 3.42. The van der Waals surface area contributed by atoms with Crippen LogP contribution in [0.4, 0.5) is 0 Å². The molecule has 1 atom stereocenters. The molecule has 0 bridgehead atoms. The molecule has 2 nitrogen and oxygen atoms in total. The van der Waals surface area contributed by atoms with E-state index in [9.17, 15) is 0 Å². The van der Waals surface area contributed by atoms with Gasteiger partial charge in [-0.1, -0.05) is 0 Å². The molecule has 0 spiro atoms. The Labute approximate surface area is 57.4 Å². The Bertz CT molecular complexity index is 90.9. The van der Waals surface area contributed by atoms with E-state index < -0.39 is 0 Å². The molecule has 1 rings (SSSR count). The lowest BCUT2D eigenvalue weighted by Gasteiger charge is -2.21. The molecule has 1 aliphatic rings. The highest BCUT2D eigenvalue weighted by Gasteiger charge is 2.16. The molecule has 0 unspecified atom stereocenters. The molecule has 0 N–H and O–H groups in total. The Balaban J connectivity index is 2.30. The summed E-state index contributed by atoms with van der Waals surface area (Å²) in [5.74, 6) is 0. The van der Waals surface area contributed by atoms with Crippen LogP contribution < -0.4 is 0 Å². The van der Waals surface area contributed by atoms with Crippen LogP contribution in [-0.2, 0) is 0 Å². The third-order valence-corrected chi connectivity index (χ3v) is 1.98. The molecule has 2 heteroatoms. The molecule has 0 amide bonds. The van der Waals surface area contributed by atoms with Crippen LogP contribution in [0.25, 0.3) is 0 Å². The summed E-state index contributed by atoms with van der Waals surface area (Å²) in [7, 11) is 8.13. The first-order chi connectivity index (χ1) is 4.20. The highest BCUT2D eigenvalue weighted by molar-refractivity contribution is 4.79. The van der Waals surface area contributed by atoms with Crippen molar-refractivity contribution in [3.05, 3.63) is 7.05 Å². The molecular weight excluding hydrogens is 112 g/mol. The van der Waals surface area contributed by atoms with E-state index in [1.807, 2.05) is 0 Å². The zero-order valence-electron chi connectivity index (χ0n) is 6.30. The van der Waals surface area contributed by atoms with Gasteiger partial charge in [-0.2, -0.15) is 0 Å². The second kappa shape index (κ2) is 2.67. The van der Waals surface area contributed by atoms with Gasteiger partial charge in [-0.25, -0.2) is 0 Å². The largest absolute Gasteiger partial charge is 0.458 e. The number of hydrogen-bond donors (Lipinski definition) is 0. The van der Waals surface area contributed by atoms with Crippen molar-refractivity contribution in [1.29, 1.82) is 0 Å². The zero-order valence-corrected chi connectivity index (χ0v) is 6.30. The summed E-state index contributed by atoms with van der Waals surface area (Å²) < 4.78 is 0. The Kier molecular flexibility index (Phi) is 2.09. The predicted molar refractivity (Wildman–Crippen MR) is 39.0 cm³/mol. The van der Waals surface area contributed by atoms with Gasteiger partial charge in [-0.05, 0) is 33.6 Å². The average Bonchev–Trinajstić information content (AvgIpc) is 2.14. The number of rotatable bonds is 1. The van der Waals surface area contributed by atoms with Gasteiger partial charge in [-0.15, -0.1) is 0 Å². The van der Waals surface area contributed by atoms with E-state index in [0.717, 1.165) is 19.1 Å². The average molecular weight is 127 g/mol. The van der Waals surface area contributed by atoms with Gasteiger partial charge in [-0.3, -0.25) is 7.05 Å². The molecule has 0 aromatic carbocycles. The molecule has 9 heavy (non-hydrogen) atoms. The normalized spacial score (nSPS) is 30.0. The molecule has 0 aromatic heterocycles. The molecule has 0 radical (unpaired) electrons. The molecule has 0 aromatic rings. The minimum absolute atomic E-state index is 0.738. The van der Waals surface area contributed by atoms with Crippen LogP contribution in [0, 0.1) is 7.05 Å². The fraction of sp³-hybridized carbons (Fsp3) is 0.857. The molecule has 1 fully saturated rings. The Morgan fingerprint density at radius 2 is 2.22 bits per heavy atom. The minimum Gasteiger partial charge on any atom is -0.458 e. The fourth-order valence-corrected chi connectivity index (χ4v) is 1.23. The fourth-order valence-electron chi connectivity index (χ4n) is 1.23. The molecule has 1 heterocycles. The van der Waals surface area contributed by atoms with E-state index in [1.54, 1.807) is 0 Å². The topological polar surface area (TPSA) is 6.48 Å². The summed E-state index contributed by atoms with van der Waals surface area (Å²) in [4.78, 5) is 4.40. The highest BCUT2D eigenvalue weighted by Crippen LogP contribution is 2.10. The summed E-state index contributed by atoms with van der Waals surface area (Å²) in [5.41, 5.74) is 0. The summed E-state index contributed by atoms with van der Waals surface area (Å²) in [6.45, 7) is 2.29. The Morgan fingerprint density at radius 3 is 2.44 bits per heavy atom. The van der Waals surface area contributed by atoms with Gasteiger partial charge in [0.05, 0.1) is 0 Å². The van der Waals surface area contributed by atoms with Crippen molar-refractivity contribution in [2.24, 2.45) is 0 Å². The van der Waals surface area contributed by atoms with Crippen molar-refractivity contribution in [2.75, 3.05) is 27.2 Å². The Hall–Kier alpha value is -0.0800. The van der Waals surface area contributed by atoms with E-state index >= 15 is 0 Å². The summed E-state index contributed by atoms with van der Waals surface area (Å²) in [5, 5.41) is 0. The number of likely N-dealkylation sites (N-methyl/N-ethyl adjacent to an activating group) is 1. The van der Waals surface area contributed by atoms with Gasteiger partial charge in [0, 0.05) is 6.04 Å². The van der Waals surface area contributed by atoms with Crippen LogP contribution in [0.5, 0.6) is 0 Å². The number of nitrogens with zero attached hydrogens (tertiary/aromatic N) is 2. The van der Waals surface area contributed by atoms with Gasteiger partial charge in [0.15, 0.2) is 0 Å². The van der Waals surface area contributed by atoms with Crippen LogP contribution >= 0.6 is 0 Å². The maximum atomic E-state index is 3.88. The van der Waals surface area contributed by atoms with Crippen LogP contribution in [-0.4, -0.2) is 43.0 Å². The number of likely N-dealkylation sites (tertiary alicyclic amines) is 1. The first-order valence-corrected chi connectivity index (χ1v) is 3.42. The molecule has 1 saturated heterocycles. The van der Waals surface area contributed by atoms with Crippen LogP contribution in [0.1, 0.15) is 6.42 Å². The van der Waals surface area contributed by atoms with E-state index in [1.165, 1.54) is 6.42 Å². The second-order valence-corrected chi connectivity index (χ2v) is 2.98. The molecule has 1 aliphatic heterocycles. The highest BCUT2D eigenvalue weighted by atomic mass is 15.2. The summed E-state index contributed by atoms with van der Waals surface area (Å²) >= 11 is 0. The maximum Gasteiger partial charge on any atom is 0.0204 e. The first kappa shape index (κ1) is 7.03. The van der Waals surface area contributed by atoms with Gasteiger partial charge < -0.3 is 9.80 Å². The summed E-state index contributed by atoms with van der Waals surface area (Å²) in [6.07, 6.45) is 1.27. The third-order valence-electron chi connectivity index (χ3n) is 1.98. The van der Waals surface area contributed by atoms with Crippen molar-refractivity contribution < 1.29 is 0 Å². The van der Waals surface area contributed by atoms with Crippen molar-refractivity contribution >= 4 is 0 Å². The monoisotopic (exact) mass is 127 g/mol. The Morgan fingerprint density at radius 1 is 1.56 bits per heavy atom. The van der Waals surface area contributed by atoms with Crippen molar-refractivity contribution in [1.82, 2.24) is 9.80 Å². The van der Waals surface area contributed by atoms with Gasteiger partial charge >= 0.3 is 0 Å². The lowest BCUT2D eigenvalue weighted by atomic mass is 10.2. The van der Waals surface area contributed by atoms with Crippen molar-refractivity contribution in [3.63, 3.8) is 0 Å². The lowest BCUT2D eigenvalue weighted by molar-refractivity contribution is 0.295. The van der Waals surface area contributed by atoms with E-state index in [0.29, 0.717) is 0 Å². The van der Waals surface area contributed by atoms with E-state index in [-0.39, 0.29) is 0 Å². The quantitative estimate of drug-likeness (QED) is 0.471. The van der Waals surface area contributed by atoms with Gasteiger partial charge in [0.1, 0.15) is 0 Å². The lowest BCUT2D eigenvalue weighted by Crippen LogP contribution is -2.29. The maximum absolute atomic E-state index is 3.88. The standard InChI is InChI=1S/C7H15N2/c1-8(2)7-4-5-9(3)6-7/h7H,3-6H2,1-2H3/q-1/t7-/m0/s1.